The first-order valence-corrected chi connectivity index (χ1v) is 11.5. The minimum absolute atomic E-state index is 0.176. The maximum Gasteiger partial charge on any atom is 0.255 e. The van der Waals surface area contributed by atoms with Gasteiger partial charge in [-0.1, -0.05) is 54.9 Å². The van der Waals surface area contributed by atoms with Crippen molar-refractivity contribution in [3.8, 4) is 16.9 Å². The molecule has 4 rings (SSSR count). The molecule has 6 heteroatoms. The Balaban J connectivity index is 1.59. The van der Waals surface area contributed by atoms with Crippen LogP contribution in [0.2, 0.25) is 5.02 Å². The van der Waals surface area contributed by atoms with Crippen LogP contribution in [-0.2, 0) is 6.42 Å². The van der Waals surface area contributed by atoms with Gasteiger partial charge in [0.15, 0.2) is 0 Å². The summed E-state index contributed by atoms with van der Waals surface area (Å²) in [5.41, 5.74) is 4.28. The molecular formula is C27H27ClN2O3. The lowest BCUT2D eigenvalue weighted by Gasteiger charge is -2.18. The molecule has 1 aromatic heterocycles. The van der Waals surface area contributed by atoms with Gasteiger partial charge in [-0.05, 0) is 59.9 Å². The van der Waals surface area contributed by atoms with Gasteiger partial charge in [0.2, 0.25) is 0 Å². The maximum absolute atomic E-state index is 13.3. The second kappa shape index (κ2) is 10.6. The summed E-state index contributed by atoms with van der Waals surface area (Å²) >= 11 is 6.16. The minimum Gasteiger partial charge on any atom is -0.493 e. The van der Waals surface area contributed by atoms with Crippen molar-refractivity contribution in [1.29, 1.82) is 0 Å². The molecule has 1 atom stereocenters. The number of para-hydroxylation sites is 1. The van der Waals surface area contributed by atoms with Crippen LogP contribution in [0.3, 0.4) is 0 Å². The van der Waals surface area contributed by atoms with Crippen LogP contribution in [0.15, 0.2) is 72.9 Å². The molecule has 1 amide bonds. The molecule has 33 heavy (non-hydrogen) atoms. The number of ether oxygens (including phenoxy) is 1. The SMILES string of the molecule is CCCOc1ccc(-c2cccc(Cl)c2)cc1C(=O)N[C@@H](CO)Cc1c[nH]c2ccccc12. The molecule has 0 saturated carbocycles. The van der Waals surface area contributed by atoms with Crippen molar-refractivity contribution in [2.45, 2.75) is 25.8 Å². The van der Waals surface area contributed by atoms with E-state index >= 15 is 0 Å². The number of hydrogen-bond donors (Lipinski definition) is 3. The van der Waals surface area contributed by atoms with Crippen molar-refractivity contribution in [2.75, 3.05) is 13.2 Å². The topological polar surface area (TPSA) is 74.3 Å². The minimum atomic E-state index is -0.439. The Kier molecular flexibility index (Phi) is 7.33. The average Bonchev–Trinajstić information content (AvgIpc) is 3.25. The quantitative estimate of drug-likeness (QED) is 0.302. The fraction of sp³-hybridized carbons (Fsp3) is 0.222. The lowest BCUT2D eigenvalue weighted by molar-refractivity contribution is 0.0912. The highest BCUT2D eigenvalue weighted by molar-refractivity contribution is 6.30. The van der Waals surface area contributed by atoms with Crippen molar-refractivity contribution in [1.82, 2.24) is 10.3 Å². The standard InChI is InChI=1S/C27H27ClN2O3/c1-2-12-33-26-11-10-19(18-6-5-7-21(28)13-18)15-24(26)27(32)30-22(17-31)14-20-16-29-25-9-4-3-8-23(20)25/h3-11,13,15-16,22,29,31H,2,12,14,17H2,1H3,(H,30,32)/t22-/m1/s1. The molecule has 0 aliphatic heterocycles. The first-order chi connectivity index (χ1) is 16.1. The van der Waals surface area contributed by atoms with Gasteiger partial charge in [-0.25, -0.2) is 0 Å². The van der Waals surface area contributed by atoms with Crippen molar-refractivity contribution in [2.24, 2.45) is 0 Å². The number of carbonyl (C=O) groups excluding carboxylic acids is 1. The number of benzene rings is 3. The van der Waals surface area contributed by atoms with Gasteiger partial charge in [0.25, 0.3) is 5.91 Å². The number of aromatic amines is 1. The third-order valence-corrected chi connectivity index (χ3v) is 5.78. The zero-order valence-corrected chi connectivity index (χ0v) is 19.2. The van der Waals surface area contributed by atoms with Crippen LogP contribution >= 0.6 is 11.6 Å². The van der Waals surface area contributed by atoms with Gasteiger partial charge in [-0.2, -0.15) is 0 Å². The van der Waals surface area contributed by atoms with Gasteiger partial charge >= 0.3 is 0 Å². The zero-order valence-electron chi connectivity index (χ0n) is 18.5. The highest BCUT2D eigenvalue weighted by Crippen LogP contribution is 2.29. The Morgan fingerprint density at radius 2 is 1.91 bits per heavy atom. The number of fused-ring (bicyclic) bond motifs is 1. The van der Waals surface area contributed by atoms with E-state index in [-0.39, 0.29) is 12.5 Å². The molecule has 170 valence electrons. The molecule has 3 N–H and O–H groups in total. The molecule has 3 aromatic carbocycles. The molecule has 0 radical (unpaired) electrons. The molecule has 0 unspecified atom stereocenters. The number of aromatic nitrogens is 1. The van der Waals surface area contributed by atoms with Gasteiger partial charge in [-0.15, -0.1) is 0 Å². The number of amides is 1. The first kappa shape index (κ1) is 22.9. The van der Waals surface area contributed by atoms with Crippen molar-refractivity contribution in [3.63, 3.8) is 0 Å². The van der Waals surface area contributed by atoms with Gasteiger partial charge in [0.05, 0.1) is 24.8 Å². The number of H-pyrrole nitrogens is 1. The Bertz CT molecular complexity index is 1250. The monoisotopic (exact) mass is 462 g/mol. The summed E-state index contributed by atoms with van der Waals surface area (Å²) < 4.78 is 5.85. The Hall–Kier alpha value is -3.28. The van der Waals surface area contributed by atoms with Gasteiger partial charge in [0, 0.05) is 22.1 Å². The van der Waals surface area contributed by atoms with Gasteiger partial charge in [-0.3, -0.25) is 4.79 Å². The molecule has 0 aliphatic carbocycles. The largest absolute Gasteiger partial charge is 0.493 e. The lowest BCUT2D eigenvalue weighted by atomic mass is 10.0. The summed E-state index contributed by atoms with van der Waals surface area (Å²) in [6.45, 7) is 2.35. The van der Waals surface area contributed by atoms with Crippen LogP contribution in [0.1, 0.15) is 29.3 Å². The number of rotatable bonds is 9. The summed E-state index contributed by atoms with van der Waals surface area (Å²) in [7, 11) is 0. The van der Waals surface area contributed by atoms with Crippen molar-refractivity contribution < 1.29 is 14.6 Å². The van der Waals surface area contributed by atoms with E-state index in [9.17, 15) is 9.90 Å². The van der Waals surface area contributed by atoms with E-state index in [0.29, 0.717) is 29.4 Å². The smallest absolute Gasteiger partial charge is 0.255 e. The predicted molar refractivity (Wildman–Crippen MR) is 133 cm³/mol. The van der Waals surface area contributed by atoms with Crippen LogP contribution in [0, 0.1) is 0 Å². The number of hydrogen-bond acceptors (Lipinski definition) is 3. The highest BCUT2D eigenvalue weighted by atomic mass is 35.5. The Morgan fingerprint density at radius 3 is 2.70 bits per heavy atom. The highest BCUT2D eigenvalue weighted by Gasteiger charge is 2.19. The molecule has 4 aromatic rings. The summed E-state index contributed by atoms with van der Waals surface area (Å²) in [4.78, 5) is 16.5. The molecule has 5 nitrogen and oxygen atoms in total. The van der Waals surface area contributed by atoms with Gasteiger partial charge in [0.1, 0.15) is 5.75 Å². The third kappa shape index (κ3) is 5.38. The van der Waals surface area contributed by atoms with Crippen LogP contribution in [-0.4, -0.2) is 35.3 Å². The zero-order chi connectivity index (χ0) is 23.2. The molecule has 0 fully saturated rings. The van der Waals surface area contributed by atoms with E-state index in [4.69, 9.17) is 16.3 Å². The molecule has 0 spiro atoms. The van der Waals surface area contributed by atoms with Crippen LogP contribution in [0.5, 0.6) is 5.75 Å². The second-order valence-electron chi connectivity index (χ2n) is 7.99. The van der Waals surface area contributed by atoms with Gasteiger partial charge < -0.3 is 20.1 Å². The van der Waals surface area contributed by atoms with Crippen molar-refractivity contribution >= 4 is 28.4 Å². The number of carbonyl (C=O) groups is 1. The summed E-state index contributed by atoms with van der Waals surface area (Å²) in [5.74, 6) is 0.229. The number of aliphatic hydroxyl groups excluding tert-OH is 1. The third-order valence-electron chi connectivity index (χ3n) is 5.54. The van der Waals surface area contributed by atoms with E-state index in [0.717, 1.165) is 34.0 Å². The Labute approximate surface area is 198 Å². The molecule has 0 bridgehead atoms. The lowest BCUT2D eigenvalue weighted by Crippen LogP contribution is -2.39. The first-order valence-electron chi connectivity index (χ1n) is 11.1. The number of aliphatic hydroxyl groups is 1. The van der Waals surface area contributed by atoms with Crippen LogP contribution in [0.25, 0.3) is 22.0 Å². The second-order valence-corrected chi connectivity index (χ2v) is 8.42. The number of halogens is 1. The fourth-order valence-electron chi connectivity index (χ4n) is 3.88. The molecule has 0 saturated heterocycles. The summed E-state index contributed by atoms with van der Waals surface area (Å²) in [6.07, 6.45) is 3.26. The van der Waals surface area contributed by atoms with E-state index in [1.165, 1.54) is 0 Å². The summed E-state index contributed by atoms with van der Waals surface area (Å²) in [6, 6.07) is 20.6. The van der Waals surface area contributed by atoms with Crippen molar-refractivity contribution in [3.05, 3.63) is 89.1 Å². The maximum atomic E-state index is 13.3. The van der Waals surface area contributed by atoms with E-state index in [2.05, 4.69) is 10.3 Å². The van der Waals surface area contributed by atoms with Crippen LogP contribution in [0.4, 0.5) is 0 Å². The predicted octanol–water partition coefficient (Wildman–Crippen LogP) is 5.61. The average molecular weight is 463 g/mol. The van der Waals surface area contributed by atoms with Crippen LogP contribution < -0.4 is 10.1 Å². The van der Waals surface area contributed by atoms with E-state index in [1.54, 1.807) is 0 Å². The molecular weight excluding hydrogens is 436 g/mol. The normalized spacial score (nSPS) is 12.0. The molecule has 0 aliphatic rings. The number of nitrogens with one attached hydrogen (secondary N) is 2. The van der Waals surface area contributed by atoms with E-state index < -0.39 is 6.04 Å². The summed E-state index contributed by atoms with van der Waals surface area (Å²) in [5, 5.41) is 14.7. The van der Waals surface area contributed by atoms with E-state index in [1.807, 2.05) is 79.9 Å². The fourth-order valence-corrected chi connectivity index (χ4v) is 4.07. The molecule has 1 heterocycles. The Morgan fingerprint density at radius 1 is 1.09 bits per heavy atom.